The largest absolute Gasteiger partial charge is 0.492 e. The number of aryl methyl sites for hydroxylation is 1. The molecule has 21 heavy (non-hydrogen) atoms. The van der Waals surface area contributed by atoms with Crippen LogP contribution in [-0.2, 0) is 0 Å². The van der Waals surface area contributed by atoms with E-state index in [0.717, 1.165) is 12.0 Å². The van der Waals surface area contributed by atoms with Gasteiger partial charge in [-0.15, -0.1) is 0 Å². The van der Waals surface area contributed by atoms with Crippen LogP contribution in [0.4, 0.5) is 4.39 Å². The van der Waals surface area contributed by atoms with Crippen molar-refractivity contribution in [2.45, 2.75) is 20.3 Å². The van der Waals surface area contributed by atoms with Gasteiger partial charge in [0.05, 0.1) is 16.6 Å². The van der Waals surface area contributed by atoms with E-state index < -0.39 is 5.82 Å². The molecule has 2 aromatic rings. The van der Waals surface area contributed by atoms with Crippen molar-refractivity contribution in [2.24, 2.45) is 0 Å². The molecule has 0 atom stereocenters. The van der Waals surface area contributed by atoms with Gasteiger partial charge in [-0.25, -0.2) is 4.39 Å². The molecule has 0 radical (unpaired) electrons. The predicted molar refractivity (Wildman–Crippen MR) is 84.5 cm³/mol. The average Bonchev–Trinajstić information content (AvgIpc) is 2.47. The molecule has 0 aromatic heterocycles. The van der Waals surface area contributed by atoms with Gasteiger partial charge < -0.3 is 4.74 Å². The number of benzene rings is 2. The van der Waals surface area contributed by atoms with Crippen molar-refractivity contribution in [2.75, 3.05) is 6.61 Å². The number of hydrogen-bond donors (Lipinski definition) is 0. The first-order valence-electron chi connectivity index (χ1n) is 6.76. The minimum Gasteiger partial charge on any atom is -0.492 e. The highest BCUT2D eigenvalue weighted by Gasteiger charge is 2.15. The number of ether oxygens (including phenoxy) is 1. The third-order valence-electron chi connectivity index (χ3n) is 3.02. The van der Waals surface area contributed by atoms with Gasteiger partial charge in [0.1, 0.15) is 11.6 Å². The zero-order chi connectivity index (χ0) is 15.4. The molecule has 2 rings (SSSR count). The molecule has 0 unspecified atom stereocenters. The summed E-state index contributed by atoms with van der Waals surface area (Å²) in [7, 11) is 0. The molecule has 0 bridgehead atoms. The van der Waals surface area contributed by atoms with Crippen molar-refractivity contribution < 1.29 is 13.9 Å². The lowest BCUT2D eigenvalue weighted by Crippen LogP contribution is -2.05. The molecule has 110 valence electrons. The van der Waals surface area contributed by atoms with Gasteiger partial charge in [0.15, 0.2) is 5.78 Å². The summed E-state index contributed by atoms with van der Waals surface area (Å²) in [6.07, 6.45) is 0.904. The average molecular weight is 351 g/mol. The lowest BCUT2D eigenvalue weighted by molar-refractivity contribution is 0.103. The second-order valence-corrected chi connectivity index (χ2v) is 5.66. The van der Waals surface area contributed by atoms with Crippen LogP contribution in [0.3, 0.4) is 0 Å². The molecule has 0 heterocycles. The third kappa shape index (κ3) is 3.70. The summed E-state index contributed by atoms with van der Waals surface area (Å²) in [4.78, 5) is 12.4. The minimum absolute atomic E-state index is 0.0872. The zero-order valence-corrected chi connectivity index (χ0v) is 13.5. The molecule has 0 saturated carbocycles. The van der Waals surface area contributed by atoms with E-state index in [0.29, 0.717) is 22.4 Å². The fourth-order valence-electron chi connectivity index (χ4n) is 1.94. The number of carbonyl (C=O) groups is 1. The summed E-state index contributed by atoms with van der Waals surface area (Å²) in [6.45, 7) is 4.46. The maximum atomic E-state index is 13.8. The number of hydrogen-bond acceptors (Lipinski definition) is 2. The highest BCUT2D eigenvalue weighted by atomic mass is 79.9. The molecular formula is C17H16BrFO2. The SMILES string of the molecule is CCCOc1ccc(C(=O)c2cc(C)ccc2F)cc1Br. The highest BCUT2D eigenvalue weighted by Crippen LogP contribution is 2.27. The Morgan fingerprint density at radius 1 is 1.24 bits per heavy atom. The molecule has 0 N–H and O–H groups in total. The number of halogens is 2. The van der Waals surface area contributed by atoms with Crippen LogP contribution in [0.5, 0.6) is 5.75 Å². The maximum absolute atomic E-state index is 13.8. The van der Waals surface area contributed by atoms with Crippen LogP contribution in [0.1, 0.15) is 34.8 Å². The lowest BCUT2D eigenvalue weighted by Gasteiger charge is -2.09. The van der Waals surface area contributed by atoms with Crippen molar-refractivity contribution in [1.82, 2.24) is 0 Å². The van der Waals surface area contributed by atoms with Crippen LogP contribution >= 0.6 is 15.9 Å². The Morgan fingerprint density at radius 2 is 2.00 bits per heavy atom. The van der Waals surface area contributed by atoms with Crippen molar-refractivity contribution in [3.8, 4) is 5.75 Å². The van der Waals surface area contributed by atoms with Crippen LogP contribution in [0, 0.1) is 12.7 Å². The molecule has 2 nitrogen and oxygen atoms in total. The van der Waals surface area contributed by atoms with Gasteiger partial charge in [-0.3, -0.25) is 4.79 Å². The molecule has 4 heteroatoms. The normalized spacial score (nSPS) is 10.5. The molecule has 0 fully saturated rings. The Balaban J connectivity index is 2.31. The van der Waals surface area contributed by atoms with Crippen LogP contribution in [0.25, 0.3) is 0 Å². The Labute approximate surface area is 132 Å². The molecular weight excluding hydrogens is 335 g/mol. The van der Waals surface area contributed by atoms with E-state index in [1.54, 1.807) is 30.3 Å². The Morgan fingerprint density at radius 3 is 2.67 bits per heavy atom. The number of carbonyl (C=O) groups excluding carboxylic acids is 1. The molecule has 0 aliphatic carbocycles. The Bertz CT molecular complexity index is 668. The summed E-state index contributed by atoms with van der Waals surface area (Å²) in [5.41, 5.74) is 1.36. The van der Waals surface area contributed by atoms with Crippen LogP contribution in [0.15, 0.2) is 40.9 Å². The summed E-state index contributed by atoms with van der Waals surface area (Å²) >= 11 is 3.38. The van der Waals surface area contributed by atoms with Crippen molar-refractivity contribution >= 4 is 21.7 Å². The highest BCUT2D eigenvalue weighted by molar-refractivity contribution is 9.10. The minimum atomic E-state index is -0.506. The van der Waals surface area contributed by atoms with Crippen LogP contribution < -0.4 is 4.74 Å². The van der Waals surface area contributed by atoms with Gasteiger partial charge >= 0.3 is 0 Å². The van der Waals surface area contributed by atoms with Gasteiger partial charge in [0.25, 0.3) is 0 Å². The van der Waals surface area contributed by atoms with Gasteiger partial charge in [-0.2, -0.15) is 0 Å². The standard InChI is InChI=1S/C17H16BrFO2/c1-3-8-21-16-7-5-12(10-14(16)18)17(20)13-9-11(2)4-6-15(13)19/h4-7,9-10H,3,8H2,1-2H3. The van der Waals surface area contributed by atoms with E-state index in [9.17, 15) is 9.18 Å². The predicted octanol–water partition coefficient (Wildman–Crippen LogP) is 4.92. The van der Waals surface area contributed by atoms with Crippen LogP contribution in [0.2, 0.25) is 0 Å². The fourth-order valence-corrected chi connectivity index (χ4v) is 2.43. The van der Waals surface area contributed by atoms with E-state index in [2.05, 4.69) is 15.9 Å². The molecule has 0 aliphatic heterocycles. The second kappa shape index (κ2) is 6.85. The van der Waals surface area contributed by atoms with Gasteiger partial charge in [0, 0.05) is 5.56 Å². The zero-order valence-electron chi connectivity index (χ0n) is 12.0. The van der Waals surface area contributed by atoms with E-state index >= 15 is 0 Å². The van der Waals surface area contributed by atoms with E-state index in [1.807, 2.05) is 13.8 Å². The number of rotatable bonds is 5. The molecule has 0 amide bonds. The van der Waals surface area contributed by atoms with E-state index in [4.69, 9.17) is 4.74 Å². The van der Waals surface area contributed by atoms with Crippen molar-refractivity contribution in [1.29, 1.82) is 0 Å². The maximum Gasteiger partial charge on any atom is 0.196 e. The van der Waals surface area contributed by atoms with Gasteiger partial charge in [0.2, 0.25) is 0 Å². The second-order valence-electron chi connectivity index (χ2n) is 4.81. The first-order chi connectivity index (χ1) is 10.0. The molecule has 0 aliphatic rings. The van der Waals surface area contributed by atoms with Crippen LogP contribution in [-0.4, -0.2) is 12.4 Å². The van der Waals surface area contributed by atoms with Gasteiger partial charge in [-0.1, -0.05) is 18.6 Å². The first-order valence-corrected chi connectivity index (χ1v) is 7.55. The number of ketones is 1. The Kier molecular flexibility index (Phi) is 5.12. The fraction of sp³-hybridized carbons (Fsp3) is 0.235. The topological polar surface area (TPSA) is 26.3 Å². The van der Waals surface area contributed by atoms with Crippen molar-refractivity contribution in [3.63, 3.8) is 0 Å². The summed E-state index contributed by atoms with van der Waals surface area (Å²) < 4.78 is 20.0. The van der Waals surface area contributed by atoms with E-state index in [-0.39, 0.29) is 11.3 Å². The monoisotopic (exact) mass is 350 g/mol. The summed E-state index contributed by atoms with van der Waals surface area (Å²) in [6, 6.07) is 9.56. The van der Waals surface area contributed by atoms with Gasteiger partial charge in [-0.05, 0) is 59.6 Å². The molecule has 0 saturated heterocycles. The summed E-state index contributed by atoms with van der Waals surface area (Å²) in [5.74, 6) is -0.162. The molecule has 2 aromatic carbocycles. The first kappa shape index (κ1) is 15.7. The Hall–Kier alpha value is -1.68. The summed E-state index contributed by atoms with van der Waals surface area (Å²) in [5, 5.41) is 0. The molecule has 0 spiro atoms. The lowest BCUT2D eigenvalue weighted by atomic mass is 10.0. The van der Waals surface area contributed by atoms with E-state index in [1.165, 1.54) is 6.07 Å². The quantitative estimate of drug-likeness (QED) is 0.715. The van der Waals surface area contributed by atoms with Crippen molar-refractivity contribution in [3.05, 3.63) is 63.4 Å². The smallest absolute Gasteiger partial charge is 0.196 e. The third-order valence-corrected chi connectivity index (χ3v) is 3.64.